The molecule has 0 aromatic carbocycles. The molecule has 1 heterocycles. The average Bonchev–Trinajstić information content (AvgIpc) is 2.12. The molecule has 1 aliphatic heterocycles. The van der Waals surface area contributed by atoms with Gasteiger partial charge in [0.2, 0.25) is 0 Å². The van der Waals surface area contributed by atoms with Gasteiger partial charge < -0.3 is 4.90 Å². The number of likely N-dealkylation sites (N-methyl/N-ethyl adjacent to an activating group) is 1. The highest BCUT2D eigenvalue weighted by Crippen LogP contribution is 2.19. The van der Waals surface area contributed by atoms with E-state index in [-0.39, 0.29) is 5.91 Å². The van der Waals surface area contributed by atoms with Crippen LogP contribution in [0.2, 0.25) is 0 Å². The van der Waals surface area contributed by atoms with Crippen LogP contribution in [-0.4, -0.2) is 30.6 Å². The summed E-state index contributed by atoms with van der Waals surface area (Å²) in [4.78, 5) is 17.4. The van der Waals surface area contributed by atoms with Crippen LogP contribution < -0.4 is 0 Å². The zero-order valence-electron chi connectivity index (χ0n) is 8.08. The Morgan fingerprint density at radius 3 is 2.85 bits per heavy atom. The van der Waals surface area contributed by atoms with Gasteiger partial charge in [0, 0.05) is 26.2 Å². The number of nitrogens with zero attached hydrogens (tertiary/aromatic N) is 2. The number of amides is 1. The quantitative estimate of drug-likeness (QED) is 0.588. The fraction of sp³-hybridized carbons (Fsp3) is 0.400. The lowest BCUT2D eigenvalue weighted by Gasteiger charge is -2.23. The van der Waals surface area contributed by atoms with E-state index in [0.717, 1.165) is 18.7 Å². The summed E-state index contributed by atoms with van der Waals surface area (Å²) in [5.41, 5.74) is 1.48. The molecular weight excluding hydrogens is 164 g/mol. The molecule has 0 atom stereocenters. The number of hydrogen-bond acceptors (Lipinski definition) is 2. The van der Waals surface area contributed by atoms with Crippen molar-refractivity contribution in [3.8, 4) is 0 Å². The van der Waals surface area contributed by atoms with Gasteiger partial charge in [-0.1, -0.05) is 12.7 Å². The molecule has 0 N–H and O–H groups in total. The predicted octanol–water partition coefficient (Wildman–Crippen LogP) is 1.38. The molecule has 3 nitrogen and oxygen atoms in total. The molecule has 0 aromatic rings. The zero-order chi connectivity index (χ0) is 9.84. The molecule has 70 valence electrons. The summed E-state index contributed by atoms with van der Waals surface area (Å²) in [6.07, 6.45) is 4.10. The van der Waals surface area contributed by atoms with Gasteiger partial charge in [-0.05, 0) is 6.92 Å². The van der Waals surface area contributed by atoms with Gasteiger partial charge in [0.15, 0.2) is 0 Å². The first-order valence-corrected chi connectivity index (χ1v) is 4.30. The fourth-order valence-corrected chi connectivity index (χ4v) is 1.33. The molecule has 0 spiro atoms. The minimum absolute atomic E-state index is 0.0156. The smallest absolute Gasteiger partial charge is 0.255 e. The van der Waals surface area contributed by atoms with E-state index in [1.165, 1.54) is 0 Å². The second-order valence-corrected chi connectivity index (χ2v) is 2.93. The molecule has 1 aliphatic rings. The topological polar surface area (TPSA) is 32.7 Å². The van der Waals surface area contributed by atoms with Gasteiger partial charge in [-0.3, -0.25) is 9.79 Å². The number of carbonyl (C=O) groups is 1. The van der Waals surface area contributed by atoms with E-state index in [4.69, 9.17) is 0 Å². The van der Waals surface area contributed by atoms with Crippen LogP contribution in [0.25, 0.3) is 0 Å². The zero-order valence-corrected chi connectivity index (χ0v) is 8.08. The maximum atomic E-state index is 11.6. The van der Waals surface area contributed by atoms with Crippen LogP contribution in [0.1, 0.15) is 13.3 Å². The minimum atomic E-state index is 0.0156. The normalized spacial score (nSPS) is 18.6. The van der Waals surface area contributed by atoms with E-state index in [9.17, 15) is 4.79 Å². The minimum Gasteiger partial charge on any atom is -0.341 e. The van der Waals surface area contributed by atoms with E-state index < -0.39 is 0 Å². The van der Waals surface area contributed by atoms with Crippen molar-refractivity contribution in [2.45, 2.75) is 13.3 Å². The van der Waals surface area contributed by atoms with Crippen molar-refractivity contribution in [3.05, 3.63) is 23.9 Å². The lowest BCUT2D eigenvalue weighted by Crippen LogP contribution is -2.33. The Labute approximate surface area is 78.5 Å². The third-order valence-electron chi connectivity index (χ3n) is 2.06. The highest BCUT2D eigenvalue weighted by molar-refractivity contribution is 5.97. The molecule has 0 aromatic heterocycles. The third-order valence-corrected chi connectivity index (χ3v) is 2.06. The van der Waals surface area contributed by atoms with Gasteiger partial charge in [-0.15, -0.1) is 0 Å². The summed E-state index contributed by atoms with van der Waals surface area (Å²) in [5.74, 6) is 0.0156. The third kappa shape index (κ3) is 1.86. The maximum absolute atomic E-state index is 11.6. The fourth-order valence-electron chi connectivity index (χ4n) is 1.33. The summed E-state index contributed by atoms with van der Waals surface area (Å²) in [6.45, 7) is 6.21. The number of hydrogen-bond donors (Lipinski definition) is 0. The molecule has 0 aliphatic carbocycles. The molecule has 0 fully saturated rings. The molecule has 1 rings (SSSR count). The molecule has 0 unspecified atom stereocenters. The Kier molecular flexibility index (Phi) is 3.01. The molecule has 1 amide bonds. The van der Waals surface area contributed by atoms with E-state index in [2.05, 4.69) is 11.6 Å². The number of aliphatic imine (C=N–C) groups is 1. The van der Waals surface area contributed by atoms with Crippen LogP contribution in [0.5, 0.6) is 0 Å². The Hall–Kier alpha value is -1.38. The second-order valence-electron chi connectivity index (χ2n) is 2.93. The monoisotopic (exact) mass is 178 g/mol. The predicted molar refractivity (Wildman–Crippen MR) is 53.6 cm³/mol. The Morgan fingerprint density at radius 2 is 2.31 bits per heavy atom. The van der Waals surface area contributed by atoms with Crippen LogP contribution in [0.3, 0.4) is 0 Å². The van der Waals surface area contributed by atoms with E-state index in [1.54, 1.807) is 24.2 Å². The highest BCUT2D eigenvalue weighted by Gasteiger charge is 2.21. The van der Waals surface area contributed by atoms with Gasteiger partial charge in [0.05, 0.1) is 11.3 Å². The Bertz CT molecular complexity index is 289. The highest BCUT2D eigenvalue weighted by atomic mass is 16.2. The van der Waals surface area contributed by atoms with E-state index in [1.807, 2.05) is 6.92 Å². The standard InChI is InChI=1S/C10H14N2O/c1-4-8-9(11-5-2)6-7-12(3)10(8)13/h4-5H,1,6-7H2,2-3H3. The lowest BCUT2D eigenvalue weighted by atomic mass is 10.1. The van der Waals surface area contributed by atoms with Gasteiger partial charge in [-0.2, -0.15) is 0 Å². The van der Waals surface area contributed by atoms with Crippen molar-refractivity contribution in [3.63, 3.8) is 0 Å². The van der Waals surface area contributed by atoms with Crippen LogP contribution in [0, 0.1) is 0 Å². The molecule has 0 bridgehead atoms. The molecule has 3 heteroatoms. The first-order valence-electron chi connectivity index (χ1n) is 4.30. The van der Waals surface area contributed by atoms with Crippen LogP contribution in [0.15, 0.2) is 28.9 Å². The van der Waals surface area contributed by atoms with Crippen molar-refractivity contribution in [1.29, 1.82) is 0 Å². The van der Waals surface area contributed by atoms with Gasteiger partial charge in [-0.25, -0.2) is 0 Å². The molecule has 0 saturated heterocycles. The van der Waals surface area contributed by atoms with Crippen molar-refractivity contribution in [2.75, 3.05) is 13.6 Å². The maximum Gasteiger partial charge on any atom is 0.255 e. The molecule has 0 saturated carbocycles. The van der Waals surface area contributed by atoms with E-state index in [0.29, 0.717) is 5.57 Å². The summed E-state index contributed by atoms with van der Waals surface area (Å²) >= 11 is 0. The summed E-state index contributed by atoms with van der Waals surface area (Å²) in [5, 5.41) is 0. The average molecular weight is 178 g/mol. The largest absolute Gasteiger partial charge is 0.341 e. The van der Waals surface area contributed by atoms with Crippen LogP contribution >= 0.6 is 0 Å². The second kappa shape index (κ2) is 4.03. The number of rotatable bonds is 2. The van der Waals surface area contributed by atoms with Crippen molar-refractivity contribution in [2.24, 2.45) is 4.99 Å². The van der Waals surface area contributed by atoms with E-state index >= 15 is 0 Å². The first-order chi connectivity index (χ1) is 6.20. The van der Waals surface area contributed by atoms with Crippen molar-refractivity contribution in [1.82, 2.24) is 4.90 Å². The molecule has 13 heavy (non-hydrogen) atoms. The SMILES string of the molecule is C=CC1=C(N=CC)CCN(C)C1=O. The Morgan fingerprint density at radius 1 is 1.62 bits per heavy atom. The Balaban J connectivity index is 3.06. The van der Waals surface area contributed by atoms with Gasteiger partial charge >= 0.3 is 0 Å². The van der Waals surface area contributed by atoms with Crippen molar-refractivity contribution >= 4 is 12.1 Å². The first kappa shape index (κ1) is 9.71. The molecular formula is C10H14N2O. The summed E-state index contributed by atoms with van der Waals surface area (Å²) < 4.78 is 0. The lowest BCUT2D eigenvalue weighted by molar-refractivity contribution is -0.126. The summed E-state index contributed by atoms with van der Waals surface area (Å²) in [6, 6.07) is 0. The van der Waals surface area contributed by atoms with Gasteiger partial charge in [0.1, 0.15) is 0 Å². The van der Waals surface area contributed by atoms with Crippen LogP contribution in [0.4, 0.5) is 0 Å². The summed E-state index contributed by atoms with van der Waals surface area (Å²) in [7, 11) is 1.79. The van der Waals surface area contributed by atoms with Gasteiger partial charge in [0.25, 0.3) is 5.91 Å². The van der Waals surface area contributed by atoms with Crippen LogP contribution in [-0.2, 0) is 4.79 Å². The number of carbonyl (C=O) groups excluding carboxylic acids is 1. The van der Waals surface area contributed by atoms with Crippen molar-refractivity contribution < 1.29 is 4.79 Å². The molecule has 0 radical (unpaired) electrons.